The van der Waals surface area contributed by atoms with Crippen LogP contribution in [0.1, 0.15) is 15.9 Å². The number of hydrogen-bond acceptors (Lipinski definition) is 6. The van der Waals surface area contributed by atoms with Gasteiger partial charge in [-0.25, -0.2) is 8.42 Å². The monoisotopic (exact) mass is 451 g/mol. The molecule has 11 heteroatoms. The van der Waals surface area contributed by atoms with Crippen LogP contribution in [0.25, 0.3) is 0 Å². The summed E-state index contributed by atoms with van der Waals surface area (Å²) in [5.74, 6) is -0.571. The minimum Gasteiger partial charge on any atom is -0.493 e. The van der Waals surface area contributed by atoms with Gasteiger partial charge in [0, 0.05) is 31.7 Å². The van der Waals surface area contributed by atoms with Crippen LogP contribution in [-0.2, 0) is 10.0 Å². The number of piperazine rings is 1. The topological polar surface area (TPSA) is 99.9 Å². The lowest BCUT2D eigenvalue weighted by Crippen LogP contribution is -2.50. The molecule has 0 spiro atoms. The van der Waals surface area contributed by atoms with Gasteiger partial charge in [-0.2, -0.15) is 18.3 Å². The first-order valence-electron chi connectivity index (χ1n) is 9.18. The summed E-state index contributed by atoms with van der Waals surface area (Å²) < 4.78 is 61.1. The molecule has 0 radical (unpaired) electrons. The summed E-state index contributed by atoms with van der Waals surface area (Å²) in [6.45, 7) is -2.52. The molecule has 0 saturated carbocycles. The number of nitrogens with zero attached hydrogens (tertiary/aromatic N) is 3. The Labute approximate surface area is 178 Å². The third-order valence-corrected chi connectivity index (χ3v) is 6.69. The van der Waals surface area contributed by atoms with Gasteiger partial charge in [0.15, 0.2) is 11.5 Å². The number of alkyl halides is 2. The SMILES string of the molecule is COc1cc(C(=O)N2CCN(S(=O)(=O)c3ccc(C#N)cc3)CC2)ccc1OC(F)F. The zero-order chi connectivity index (χ0) is 22.6. The molecule has 0 bridgehead atoms. The number of ether oxygens (including phenoxy) is 2. The van der Waals surface area contributed by atoms with Crippen molar-refractivity contribution in [1.29, 1.82) is 5.26 Å². The molecular formula is C20H19F2N3O5S. The second kappa shape index (κ2) is 9.28. The fourth-order valence-electron chi connectivity index (χ4n) is 3.16. The molecule has 1 saturated heterocycles. The quantitative estimate of drug-likeness (QED) is 0.668. The van der Waals surface area contributed by atoms with Crippen LogP contribution >= 0.6 is 0 Å². The Hall–Kier alpha value is -3.23. The highest BCUT2D eigenvalue weighted by atomic mass is 32.2. The van der Waals surface area contributed by atoms with E-state index in [1.54, 1.807) is 0 Å². The number of halogens is 2. The average molecular weight is 451 g/mol. The van der Waals surface area contributed by atoms with Gasteiger partial charge in [0.2, 0.25) is 10.0 Å². The Balaban J connectivity index is 1.69. The standard InChI is InChI=1S/C20H19F2N3O5S/c1-29-18-12-15(4-7-17(18)30-20(21)22)19(26)24-8-10-25(11-9-24)31(27,28)16-5-2-14(13-23)3-6-16/h2-7,12,20H,8-11H2,1H3. The highest BCUT2D eigenvalue weighted by molar-refractivity contribution is 7.89. The first-order chi connectivity index (χ1) is 14.8. The normalized spacial score (nSPS) is 14.9. The maximum absolute atomic E-state index is 12.8. The molecule has 0 unspecified atom stereocenters. The molecule has 1 aliphatic rings. The predicted octanol–water partition coefficient (Wildman–Crippen LogP) is 2.31. The second-order valence-corrected chi connectivity index (χ2v) is 8.51. The molecule has 3 rings (SSSR count). The van der Waals surface area contributed by atoms with E-state index >= 15 is 0 Å². The van der Waals surface area contributed by atoms with Gasteiger partial charge >= 0.3 is 6.61 Å². The van der Waals surface area contributed by atoms with Crippen molar-refractivity contribution in [2.24, 2.45) is 0 Å². The van der Waals surface area contributed by atoms with Crippen molar-refractivity contribution >= 4 is 15.9 Å². The van der Waals surface area contributed by atoms with Crippen molar-refractivity contribution in [3.63, 3.8) is 0 Å². The number of amides is 1. The van der Waals surface area contributed by atoms with E-state index in [0.717, 1.165) is 0 Å². The van der Waals surface area contributed by atoms with Crippen molar-refractivity contribution < 1.29 is 31.5 Å². The van der Waals surface area contributed by atoms with E-state index in [1.807, 2.05) is 6.07 Å². The van der Waals surface area contributed by atoms with Crippen LogP contribution in [-0.4, -0.2) is 63.4 Å². The summed E-state index contributed by atoms with van der Waals surface area (Å²) in [5, 5.41) is 8.85. The zero-order valence-electron chi connectivity index (χ0n) is 16.5. The van der Waals surface area contributed by atoms with Crippen LogP contribution in [0.15, 0.2) is 47.4 Å². The van der Waals surface area contributed by atoms with Crippen LogP contribution in [0.2, 0.25) is 0 Å². The third-order valence-electron chi connectivity index (χ3n) is 4.77. The molecule has 8 nitrogen and oxygen atoms in total. The van der Waals surface area contributed by atoms with E-state index in [9.17, 15) is 22.0 Å². The molecule has 1 heterocycles. The summed E-state index contributed by atoms with van der Waals surface area (Å²) in [6, 6.07) is 11.4. The van der Waals surface area contributed by atoms with Gasteiger partial charge in [-0.15, -0.1) is 0 Å². The summed E-state index contributed by atoms with van der Waals surface area (Å²) in [4.78, 5) is 14.3. The van der Waals surface area contributed by atoms with Crippen LogP contribution < -0.4 is 9.47 Å². The van der Waals surface area contributed by atoms with Crippen LogP contribution in [0.5, 0.6) is 11.5 Å². The van der Waals surface area contributed by atoms with Crippen molar-refractivity contribution in [3.05, 3.63) is 53.6 Å². The van der Waals surface area contributed by atoms with Gasteiger partial charge in [-0.3, -0.25) is 4.79 Å². The molecule has 0 atom stereocenters. The Kier molecular flexibility index (Phi) is 6.72. The average Bonchev–Trinajstić information content (AvgIpc) is 2.78. The van der Waals surface area contributed by atoms with E-state index in [0.29, 0.717) is 5.56 Å². The number of rotatable bonds is 6. The Morgan fingerprint density at radius 2 is 1.71 bits per heavy atom. The molecule has 1 fully saturated rings. The van der Waals surface area contributed by atoms with E-state index in [-0.39, 0.29) is 54.0 Å². The maximum Gasteiger partial charge on any atom is 0.387 e. The van der Waals surface area contributed by atoms with Crippen molar-refractivity contribution in [2.75, 3.05) is 33.3 Å². The molecule has 0 aromatic heterocycles. The van der Waals surface area contributed by atoms with Gasteiger partial charge in [-0.1, -0.05) is 0 Å². The fourth-order valence-corrected chi connectivity index (χ4v) is 4.58. The Bertz CT molecular complexity index is 1090. The maximum atomic E-state index is 12.8. The molecule has 1 aliphatic heterocycles. The molecule has 0 N–H and O–H groups in total. The van der Waals surface area contributed by atoms with E-state index in [2.05, 4.69) is 4.74 Å². The van der Waals surface area contributed by atoms with Gasteiger partial charge in [0.1, 0.15) is 0 Å². The molecule has 0 aliphatic carbocycles. The van der Waals surface area contributed by atoms with Crippen molar-refractivity contribution in [3.8, 4) is 17.6 Å². The lowest BCUT2D eigenvalue weighted by molar-refractivity contribution is -0.0512. The first kappa shape index (κ1) is 22.5. The summed E-state index contributed by atoms with van der Waals surface area (Å²) in [5.41, 5.74) is 0.566. The lowest BCUT2D eigenvalue weighted by atomic mass is 10.1. The number of sulfonamides is 1. The van der Waals surface area contributed by atoms with E-state index < -0.39 is 16.6 Å². The predicted molar refractivity (Wildman–Crippen MR) is 105 cm³/mol. The number of benzene rings is 2. The number of methoxy groups -OCH3 is 1. The number of hydrogen-bond donors (Lipinski definition) is 0. The molecule has 1 amide bonds. The molecule has 164 valence electrons. The number of carbonyl (C=O) groups excluding carboxylic acids is 1. The largest absolute Gasteiger partial charge is 0.493 e. The highest BCUT2D eigenvalue weighted by Gasteiger charge is 2.30. The summed E-state index contributed by atoms with van der Waals surface area (Å²) in [6.07, 6.45) is 0. The number of carbonyl (C=O) groups is 1. The van der Waals surface area contributed by atoms with Crippen LogP contribution in [0.4, 0.5) is 8.78 Å². The molecule has 2 aromatic rings. The van der Waals surface area contributed by atoms with Gasteiger partial charge in [0.25, 0.3) is 5.91 Å². The third kappa shape index (κ3) is 4.92. The molecular weight excluding hydrogens is 432 g/mol. The molecule has 31 heavy (non-hydrogen) atoms. The summed E-state index contributed by atoms with van der Waals surface area (Å²) >= 11 is 0. The lowest BCUT2D eigenvalue weighted by Gasteiger charge is -2.34. The Morgan fingerprint density at radius 3 is 2.26 bits per heavy atom. The second-order valence-electron chi connectivity index (χ2n) is 6.58. The minimum absolute atomic E-state index is 0.00632. The van der Waals surface area contributed by atoms with Gasteiger partial charge in [0.05, 0.1) is 23.6 Å². The molecule has 2 aromatic carbocycles. The van der Waals surface area contributed by atoms with Crippen LogP contribution in [0, 0.1) is 11.3 Å². The number of nitriles is 1. The van der Waals surface area contributed by atoms with Crippen molar-refractivity contribution in [2.45, 2.75) is 11.5 Å². The fraction of sp³-hybridized carbons (Fsp3) is 0.300. The van der Waals surface area contributed by atoms with E-state index in [4.69, 9.17) is 10.00 Å². The first-order valence-corrected chi connectivity index (χ1v) is 10.6. The smallest absolute Gasteiger partial charge is 0.387 e. The van der Waals surface area contributed by atoms with Gasteiger partial charge in [-0.05, 0) is 42.5 Å². The van der Waals surface area contributed by atoms with Gasteiger partial charge < -0.3 is 14.4 Å². The minimum atomic E-state index is -3.75. The summed E-state index contributed by atoms with van der Waals surface area (Å²) in [7, 11) is -2.48. The highest BCUT2D eigenvalue weighted by Crippen LogP contribution is 2.30. The van der Waals surface area contributed by atoms with E-state index in [1.165, 1.54) is 58.8 Å². The Morgan fingerprint density at radius 1 is 1.06 bits per heavy atom. The zero-order valence-corrected chi connectivity index (χ0v) is 17.3. The van der Waals surface area contributed by atoms with Crippen LogP contribution in [0.3, 0.4) is 0 Å². The van der Waals surface area contributed by atoms with Crippen molar-refractivity contribution in [1.82, 2.24) is 9.21 Å².